The number of aryl methyl sites for hydroxylation is 1. The fraction of sp³-hybridized carbons (Fsp3) is 0.696. The number of Topliss-reactive ketones (excluding diaryl/α,β-unsaturated/α-hetero) is 1. The standard InChI is InChI=1S/C23H31ClO2/c1-23-14-16(5-3-2-4-12-24)22-18-9-7-17(25)13-15(18)6-8-19(22)20(23)10-11-21(23)26/h7,9,13,16,19-20,22,25H,2-6,8,10-12,14H2,1H3/t16?,19-,20-,22+,23-/m0/s1. The molecule has 2 nitrogen and oxygen atoms in total. The summed E-state index contributed by atoms with van der Waals surface area (Å²) in [4.78, 5) is 12.8. The number of rotatable bonds is 5. The smallest absolute Gasteiger partial charge is 0.139 e. The zero-order valence-corrected chi connectivity index (χ0v) is 16.6. The number of hydrogen-bond donors (Lipinski definition) is 1. The van der Waals surface area contributed by atoms with Crippen molar-refractivity contribution in [1.29, 1.82) is 0 Å². The Labute approximate surface area is 162 Å². The third kappa shape index (κ3) is 2.99. The summed E-state index contributed by atoms with van der Waals surface area (Å²) in [6, 6.07) is 6.01. The lowest BCUT2D eigenvalue weighted by molar-refractivity contribution is -0.131. The summed E-state index contributed by atoms with van der Waals surface area (Å²) in [5.74, 6) is 4.00. The average molecular weight is 375 g/mol. The Morgan fingerprint density at radius 2 is 2.04 bits per heavy atom. The van der Waals surface area contributed by atoms with Crippen molar-refractivity contribution in [1.82, 2.24) is 0 Å². The Morgan fingerprint density at radius 3 is 2.85 bits per heavy atom. The van der Waals surface area contributed by atoms with Crippen LogP contribution in [0.3, 0.4) is 0 Å². The molecule has 26 heavy (non-hydrogen) atoms. The maximum atomic E-state index is 12.8. The van der Waals surface area contributed by atoms with Crippen LogP contribution < -0.4 is 0 Å². The average Bonchev–Trinajstić information content (AvgIpc) is 2.93. The van der Waals surface area contributed by atoms with Gasteiger partial charge in [-0.2, -0.15) is 0 Å². The predicted octanol–water partition coefficient (Wildman–Crippen LogP) is 5.84. The molecule has 3 aliphatic carbocycles. The van der Waals surface area contributed by atoms with Crippen LogP contribution in [0.15, 0.2) is 18.2 Å². The van der Waals surface area contributed by atoms with Crippen LogP contribution in [0.25, 0.3) is 0 Å². The van der Waals surface area contributed by atoms with Gasteiger partial charge < -0.3 is 5.11 Å². The minimum Gasteiger partial charge on any atom is -0.508 e. The first-order valence-corrected chi connectivity index (χ1v) is 11.0. The second-order valence-corrected chi connectivity index (χ2v) is 9.48. The van der Waals surface area contributed by atoms with Crippen LogP contribution >= 0.6 is 11.6 Å². The number of benzene rings is 1. The quantitative estimate of drug-likeness (QED) is 0.519. The number of ketones is 1. The first kappa shape index (κ1) is 18.3. The maximum Gasteiger partial charge on any atom is 0.139 e. The van der Waals surface area contributed by atoms with E-state index in [-0.39, 0.29) is 5.41 Å². The molecule has 1 aromatic carbocycles. The lowest BCUT2D eigenvalue weighted by Crippen LogP contribution is -2.46. The molecule has 1 N–H and O–H groups in total. The molecule has 4 rings (SSSR count). The third-order valence-corrected chi connectivity index (χ3v) is 8.02. The Kier molecular flexibility index (Phi) is 5.07. The second kappa shape index (κ2) is 7.19. The Balaban J connectivity index is 1.66. The zero-order chi connectivity index (χ0) is 18.3. The van der Waals surface area contributed by atoms with Crippen LogP contribution in [0.1, 0.15) is 75.3 Å². The summed E-state index contributed by atoms with van der Waals surface area (Å²) in [6.45, 7) is 2.27. The number of phenols is 1. The van der Waals surface area contributed by atoms with Crippen LogP contribution in [0, 0.1) is 23.2 Å². The number of aromatic hydroxyl groups is 1. The zero-order valence-electron chi connectivity index (χ0n) is 15.8. The first-order valence-electron chi connectivity index (χ1n) is 10.5. The minimum atomic E-state index is -0.0905. The molecule has 0 radical (unpaired) electrons. The van der Waals surface area contributed by atoms with E-state index in [9.17, 15) is 9.90 Å². The number of carbonyl (C=O) groups excluding carboxylic acids is 1. The van der Waals surface area contributed by atoms with Crippen LogP contribution in [0.5, 0.6) is 5.75 Å². The van der Waals surface area contributed by atoms with E-state index in [4.69, 9.17) is 11.6 Å². The van der Waals surface area contributed by atoms with Gasteiger partial charge in [-0.3, -0.25) is 4.79 Å². The molecule has 0 bridgehead atoms. The monoisotopic (exact) mass is 374 g/mol. The van der Waals surface area contributed by atoms with E-state index in [1.807, 2.05) is 12.1 Å². The number of phenolic OH excluding ortho intramolecular Hbond substituents is 1. The largest absolute Gasteiger partial charge is 0.508 e. The summed E-state index contributed by atoms with van der Waals surface area (Å²) in [7, 11) is 0. The molecule has 1 aromatic rings. The van der Waals surface area contributed by atoms with Crippen molar-refractivity contribution in [2.75, 3.05) is 5.88 Å². The highest BCUT2D eigenvalue weighted by atomic mass is 35.5. The van der Waals surface area contributed by atoms with Crippen molar-refractivity contribution in [3.05, 3.63) is 29.3 Å². The summed E-state index contributed by atoms with van der Waals surface area (Å²) < 4.78 is 0. The normalized spacial score (nSPS) is 35.7. The molecule has 5 atom stereocenters. The van der Waals surface area contributed by atoms with Crippen molar-refractivity contribution >= 4 is 17.4 Å². The van der Waals surface area contributed by atoms with Gasteiger partial charge in [-0.1, -0.05) is 25.8 Å². The van der Waals surface area contributed by atoms with Gasteiger partial charge in [-0.05, 0) is 85.5 Å². The highest BCUT2D eigenvalue weighted by molar-refractivity contribution is 6.17. The number of carbonyl (C=O) groups is 1. The maximum absolute atomic E-state index is 12.8. The summed E-state index contributed by atoms with van der Waals surface area (Å²) in [5.41, 5.74) is 2.71. The SMILES string of the molecule is C[C@]12CC(CCCCCCl)[C@@H]3c4ccc(O)cc4CC[C@H]3[C@@H]1CCC2=O. The second-order valence-electron chi connectivity index (χ2n) is 9.10. The molecule has 0 saturated heterocycles. The molecule has 2 fully saturated rings. The molecular formula is C23H31ClO2. The number of alkyl halides is 1. The molecule has 0 aliphatic heterocycles. The van der Waals surface area contributed by atoms with Gasteiger partial charge in [0.15, 0.2) is 0 Å². The van der Waals surface area contributed by atoms with Crippen molar-refractivity contribution < 1.29 is 9.90 Å². The molecule has 3 aliphatic rings. The van der Waals surface area contributed by atoms with Gasteiger partial charge >= 0.3 is 0 Å². The van der Waals surface area contributed by atoms with Crippen molar-refractivity contribution in [3.63, 3.8) is 0 Å². The predicted molar refractivity (Wildman–Crippen MR) is 106 cm³/mol. The Hall–Kier alpha value is -1.02. The van der Waals surface area contributed by atoms with E-state index in [1.54, 1.807) is 0 Å². The molecule has 0 heterocycles. The van der Waals surface area contributed by atoms with E-state index in [0.29, 0.717) is 35.2 Å². The molecule has 0 aromatic heterocycles. The molecule has 3 heteroatoms. The van der Waals surface area contributed by atoms with Crippen LogP contribution in [-0.4, -0.2) is 16.8 Å². The molecule has 0 amide bonds. The van der Waals surface area contributed by atoms with E-state index in [2.05, 4.69) is 13.0 Å². The van der Waals surface area contributed by atoms with Gasteiger partial charge in [0, 0.05) is 17.7 Å². The van der Waals surface area contributed by atoms with Crippen molar-refractivity contribution in [2.24, 2.45) is 23.2 Å². The molecule has 0 spiro atoms. The van der Waals surface area contributed by atoms with E-state index in [1.165, 1.54) is 36.8 Å². The van der Waals surface area contributed by atoms with Crippen molar-refractivity contribution in [2.45, 2.75) is 70.6 Å². The van der Waals surface area contributed by atoms with Gasteiger partial charge in [0.25, 0.3) is 0 Å². The lowest BCUT2D eigenvalue weighted by Gasteiger charge is -2.52. The Bertz CT molecular complexity index is 685. The number of unbranched alkanes of at least 4 members (excludes halogenated alkanes) is 2. The van der Waals surface area contributed by atoms with Crippen LogP contribution in [0.4, 0.5) is 0 Å². The summed E-state index contributed by atoms with van der Waals surface area (Å²) >= 11 is 5.86. The highest BCUT2D eigenvalue weighted by Gasteiger charge is 2.57. The molecule has 2 saturated carbocycles. The van der Waals surface area contributed by atoms with Gasteiger partial charge in [0.1, 0.15) is 11.5 Å². The fourth-order valence-corrected chi connectivity index (χ4v) is 6.79. The number of hydrogen-bond acceptors (Lipinski definition) is 2. The molecule has 142 valence electrons. The van der Waals surface area contributed by atoms with E-state index in [0.717, 1.165) is 38.0 Å². The van der Waals surface area contributed by atoms with Gasteiger partial charge in [-0.15, -0.1) is 11.6 Å². The summed E-state index contributed by atoms with van der Waals surface area (Å²) in [5, 5.41) is 9.92. The van der Waals surface area contributed by atoms with Crippen molar-refractivity contribution in [3.8, 4) is 5.75 Å². The molecule has 1 unspecified atom stereocenters. The van der Waals surface area contributed by atoms with E-state index >= 15 is 0 Å². The number of fused-ring (bicyclic) bond motifs is 5. The fourth-order valence-electron chi connectivity index (χ4n) is 6.60. The van der Waals surface area contributed by atoms with Crippen LogP contribution in [0.2, 0.25) is 0 Å². The van der Waals surface area contributed by atoms with E-state index < -0.39 is 0 Å². The topological polar surface area (TPSA) is 37.3 Å². The minimum absolute atomic E-state index is 0.0905. The number of halogens is 1. The van der Waals surface area contributed by atoms with Gasteiger partial charge in [-0.25, -0.2) is 0 Å². The summed E-state index contributed by atoms with van der Waals surface area (Å²) in [6.07, 6.45) is 9.83. The first-order chi connectivity index (χ1) is 12.5. The highest BCUT2D eigenvalue weighted by Crippen LogP contribution is 2.62. The lowest BCUT2D eigenvalue weighted by atomic mass is 9.51. The van der Waals surface area contributed by atoms with Crippen LogP contribution in [-0.2, 0) is 11.2 Å². The third-order valence-electron chi connectivity index (χ3n) is 7.75. The molecular weight excluding hydrogens is 344 g/mol. The Morgan fingerprint density at radius 1 is 1.19 bits per heavy atom. The van der Waals surface area contributed by atoms with Gasteiger partial charge in [0.2, 0.25) is 0 Å². The van der Waals surface area contributed by atoms with Gasteiger partial charge in [0.05, 0.1) is 0 Å².